The van der Waals surface area contributed by atoms with Crippen molar-refractivity contribution in [3.05, 3.63) is 84.2 Å². The molecular weight excluding hydrogens is 561 g/mol. The third kappa shape index (κ3) is 8.00. The summed E-state index contributed by atoms with van der Waals surface area (Å²) in [4.78, 5) is 28.7. The Bertz CT molecular complexity index is 1450. The molecule has 0 aliphatic rings. The van der Waals surface area contributed by atoms with Crippen molar-refractivity contribution >= 4 is 27.5 Å². The van der Waals surface area contributed by atoms with E-state index < -0.39 is 34.3 Å². The molecule has 0 aliphatic carbocycles. The maximum Gasteiger partial charge on any atom is 0.264 e. The van der Waals surface area contributed by atoms with Gasteiger partial charge in [-0.25, -0.2) is 12.8 Å². The number of carbonyl (C=O) groups is 2. The molecular formula is C31H38FN3O6S. The Balaban J connectivity index is 2.08. The van der Waals surface area contributed by atoms with Crippen LogP contribution in [0.4, 0.5) is 10.1 Å². The first-order valence-corrected chi connectivity index (χ1v) is 15.1. The molecule has 1 N–H and O–H groups in total. The number of benzene rings is 3. The molecule has 3 aromatic rings. The van der Waals surface area contributed by atoms with Crippen LogP contribution in [0.1, 0.15) is 32.8 Å². The molecule has 226 valence electrons. The predicted molar refractivity (Wildman–Crippen MR) is 159 cm³/mol. The van der Waals surface area contributed by atoms with E-state index in [2.05, 4.69) is 5.32 Å². The maximum atomic E-state index is 14.1. The number of amides is 2. The Morgan fingerprint density at radius 1 is 0.929 bits per heavy atom. The van der Waals surface area contributed by atoms with Crippen molar-refractivity contribution in [1.82, 2.24) is 10.2 Å². The molecule has 42 heavy (non-hydrogen) atoms. The number of nitrogens with one attached hydrogen (secondary N) is 1. The fraction of sp³-hybridized carbons (Fsp3) is 0.355. The quantitative estimate of drug-likeness (QED) is 0.290. The molecule has 0 saturated heterocycles. The second-order valence-corrected chi connectivity index (χ2v) is 11.9. The largest absolute Gasteiger partial charge is 0.493 e. The van der Waals surface area contributed by atoms with Crippen LogP contribution in [0.5, 0.6) is 11.5 Å². The third-order valence-electron chi connectivity index (χ3n) is 6.60. The van der Waals surface area contributed by atoms with Gasteiger partial charge in [0.1, 0.15) is 18.4 Å². The van der Waals surface area contributed by atoms with E-state index in [1.165, 1.54) is 67.7 Å². The first-order chi connectivity index (χ1) is 20.0. The highest BCUT2D eigenvalue weighted by Gasteiger charge is 2.34. The Labute approximate surface area is 247 Å². The van der Waals surface area contributed by atoms with Crippen LogP contribution in [0.2, 0.25) is 0 Å². The molecule has 0 unspecified atom stereocenters. The minimum Gasteiger partial charge on any atom is -0.493 e. The van der Waals surface area contributed by atoms with E-state index in [0.717, 1.165) is 4.31 Å². The lowest BCUT2D eigenvalue weighted by Crippen LogP contribution is -2.52. The molecule has 2 amide bonds. The van der Waals surface area contributed by atoms with Gasteiger partial charge >= 0.3 is 0 Å². The monoisotopic (exact) mass is 599 g/mol. The third-order valence-corrected chi connectivity index (χ3v) is 8.39. The molecule has 0 fully saturated rings. The summed E-state index contributed by atoms with van der Waals surface area (Å²) in [5.41, 5.74) is 0.757. The number of methoxy groups -OCH3 is 2. The SMILES string of the molecule is CC[C@@H](C(=O)NCC(C)C)N(Cc1ccc(F)cc1)C(=O)CN(c1ccc(OC)c(OC)c1)S(=O)(=O)c1ccccc1. The van der Waals surface area contributed by atoms with Crippen LogP contribution in [0.15, 0.2) is 77.7 Å². The van der Waals surface area contributed by atoms with E-state index in [4.69, 9.17) is 9.47 Å². The van der Waals surface area contributed by atoms with Gasteiger partial charge in [-0.05, 0) is 54.3 Å². The van der Waals surface area contributed by atoms with E-state index in [1.807, 2.05) is 13.8 Å². The first kappa shape index (κ1) is 32.4. The molecule has 9 nitrogen and oxygen atoms in total. The number of halogens is 1. The number of ether oxygens (including phenoxy) is 2. The molecule has 0 bridgehead atoms. The number of nitrogens with zero attached hydrogens (tertiary/aromatic N) is 2. The highest BCUT2D eigenvalue weighted by molar-refractivity contribution is 7.92. The van der Waals surface area contributed by atoms with E-state index in [9.17, 15) is 22.4 Å². The summed E-state index contributed by atoms with van der Waals surface area (Å²) in [6.45, 7) is 5.46. The van der Waals surface area contributed by atoms with Crippen LogP contribution in [-0.2, 0) is 26.2 Å². The minimum absolute atomic E-state index is 0.0145. The lowest BCUT2D eigenvalue weighted by Gasteiger charge is -2.33. The molecule has 11 heteroatoms. The number of carbonyl (C=O) groups excluding carboxylic acids is 2. The van der Waals surface area contributed by atoms with Gasteiger partial charge in [0.2, 0.25) is 11.8 Å². The highest BCUT2D eigenvalue weighted by Crippen LogP contribution is 2.34. The lowest BCUT2D eigenvalue weighted by atomic mass is 10.1. The summed E-state index contributed by atoms with van der Waals surface area (Å²) < 4.78 is 53.2. The maximum absolute atomic E-state index is 14.1. The van der Waals surface area contributed by atoms with Gasteiger partial charge in [0.15, 0.2) is 11.5 Å². The summed E-state index contributed by atoms with van der Waals surface area (Å²) in [5.74, 6) is -0.560. The summed E-state index contributed by atoms with van der Waals surface area (Å²) in [6.07, 6.45) is 0.276. The lowest BCUT2D eigenvalue weighted by molar-refractivity contribution is -0.140. The van der Waals surface area contributed by atoms with Gasteiger partial charge in [0, 0.05) is 19.2 Å². The summed E-state index contributed by atoms with van der Waals surface area (Å²) in [6, 6.07) is 17.0. The van der Waals surface area contributed by atoms with Crippen LogP contribution in [0.3, 0.4) is 0 Å². The van der Waals surface area contributed by atoms with Crippen LogP contribution < -0.4 is 19.1 Å². The molecule has 0 spiro atoms. The number of rotatable bonds is 14. The number of hydrogen-bond acceptors (Lipinski definition) is 6. The zero-order valence-corrected chi connectivity index (χ0v) is 25.4. The number of hydrogen-bond donors (Lipinski definition) is 1. The normalized spacial score (nSPS) is 12.0. The molecule has 1 atom stereocenters. The van der Waals surface area contributed by atoms with Crippen molar-refractivity contribution in [1.29, 1.82) is 0 Å². The molecule has 0 aliphatic heterocycles. The first-order valence-electron chi connectivity index (χ1n) is 13.6. The van der Waals surface area contributed by atoms with Crippen molar-refractivity contribution in [3.63, 3.8) is 0 Å². The Kier molecular flexibility index (Phi) is 11.3. The minimum atomic E-state index is -4.24. The van der Waals surface area contributed by atoms with Gasteiger partial charge < -0.3 is 19.7 Å². The van der Waals surface area contributed by atoms with E-state index in [-0.39, 0.29) is 41.1 Å². The zero-order valence-electron chi connectivity index (χ0n) is 24.5. The Morgan fingerprint density at radius 2 is 1.57 bits per heavy atom. The van der Waals surface area contributed by atoms with Crippen molar-refractivity contribution in [2.45, 2.75) is 44.7 Å². The molecule has 3 aromatic carbocycles. The van der Waals surface area contributed by atoms with Gasteiger partial charge in [0.25, 0.3) is 10.0 Å². The smallest absolute Gasteiger partial charge is 0.264 e. The highest BCUT2D eigenvalue weighted by atomic mass is 32.2. The summed E-state index contributed by atoms with van der Waals surface area (Å²) in [7, 11) is -1.35. The number of sulfonamides is 1. The van der Waals surface area contributed by atoms with Crippen molar-refractivity contribution in [2.24, 2.45) is 5.92 Å². The standard InChI is InChI=1S/C31H38FN3O6S/c1-6-27(31(37)33-19-22(2)3)34(20-23-12-14-24(32)15-13-23)30(36)21-35(42(38,39)26-10-8-7-9-11-26)25-16-17-28(40-4)29(18-25)41-5/h7-18,22,27H,6,19-21H2,1-5H3,(H,33,37)/t27-/m0/s1. The van der Waals surface area contributed by atoms with E-state index >= 15 is 0 Å². The summed E-state index contributed by atoms with van der Waals surface area (Å²) in [5, 5.41) is 2.88. The van der Waals surface area contributed by atoms with Gasteiger partial charge in [-0.15, -0.1) is 0 Å². The van der Waals surface area contributed by atoms with Crippen LogP contribution >= 0.6 is 0 Å². The molecule has 0 radical (unpaired) electrons. The molecule has 0 saturated carbocycles. The van der Waals surface area contributed by atoms with Crippen LogP contribution in [0, 0.1) is 11.7 Å². The second kappa shape index (κ2) is 14.7. The Hall–Kier alpha value is -4.12. The average Bonchev–Trinajstić information content (AvgIpc) is 2.99. The molecule has 0 heterocycles. The van der Waals surface area contributed by atoms with Crippen molar-refractivity contribution in [2.75, 3.05) is 31.6 Å². The van der Waals surface area contributed by atoms with Gasteiger partial charge in [-0.3, -0.25) is 13.9 Å². The summed E-state index contributed by atoms with van der Waals surface area (Å²) >= 11 is 0. The predicted octanol–water partition coefficient (Wildman–Crippen LogP) is 4.62. The van der Waals surface area contributed by atoms with Gasteiger partial charge in [-0.1, -0.05) is 51.1 Å². The van der Waals surface area contributed by atoms with E-state index in [1.54, 1.807) is 31.2 Å². The Morgan fingerprint density at radius 3 is 2.14 bits per heavy atom. The zero-order chi connectivity index (χ0) is 30.9. The molecule has 3 rings (SSSR count). The second-order valence-electron chi connectivity index (χ2n) is 10.1. The van der Waals surface area contributed by atoms with Gasteiger partial charge in [-0.2, -0.15) is 0 Å². The fourth-order valence-corrected chi connectivity index (χ4v) is 5.78. The average molecular weight is 600 g/mol. The van der Waals surface area contributed by atoms with Crippen LogP contribution in [0.25, 0.3) is 0 Å². The van der Waals surface area contributed by atoms with Crippen molar-refractivity contribution < 1.29 is 31.9 Å². The molecule has 0 aromatic heterocycles. The van der Waals surface area contributed by atoms with Crippen molar-refractivity contribution in [3.8, 4) is 11.5 Å². The fourth-order valence-electron chi connectivity index (χ4n) is 4.36. The van der Waals surface area contributed by atoms with Gasteiger partial charge in [0.05, 0.1) is 24.8 Å². The van der Waals surface area contributed by atoms with Crippen LogP contribution in [-0.4, -0.2) is 58.5 Å². The number of anilines is 1. The topological polar surface area (TPSA) is 105 Å². The van der Waals surface area contributed by atoms with E-state index in [0.29, 0.717) is 17.9 Å².